The van der Waals surface area contributed by atoms with E-state index >= 15 is 0 Å². The molecule has 0 atom stereocenters. The molecule has 0 bridgehead atoms. The third-order valence-corrected chi connectivity index (χ3v) is 2.11. The molecule has 0 spiro atoms. The summed E-state index contributed by atoms with van der Waals surface area (Å²) in [6.07, 6.45) is -3.78. The van der Waals surface area contributed by atoms with Gasteiger partial charge in [0.25, 0.3) is 0 Å². The first-order chi connectivity index (χ1) is 7.36. The molecule has 0 aliphatic rings. The highest BCUT2D eigenvalue weighted by molar-refractivity contribution is 9.10. The molecule has 0 aliphatic carbocycles. The highest BCUT2D eigenvalue weighted by Crippen LogP contribution is 2.33. The number of carbonyl (C=O) groups excluding carboxylic acids is 1. The van der Waals surface area contributed by atoms with Crippen molar-refractivity contribution in [3.63, 3.8) is 0 Å². The van der Waals surface area contributed by atoms with Crippen molar-refractivity contribution >= 4 is 21.9 Å². The molecule has 0 radical (unpaired) electrons. The molecule has 16 heavy (non-hydrogen) atoms. The van der Waals surface area contributed by atoms with Gasteiger partial charge in [-0.2, -0.15) is 13.2 Å². The van der Waals surface area contributed by atoms with Crippen molar-refractivity contribution in [2.75, 3.05) is 6.61 Å². The van der Waals surface area contributed by atoms with Crippen molar-refractivity contribution in [1.29, 1.82) is 0 Å². The Hall–Kier alpha value is -1.11. The summed E-state index contributed by atoms with van der Waals surface area (Å²) in [6.45, 7) is 1.52. The van der Waals surface area contributed by atoms with Crippen molar-refractivity contribution in [2.45, 2.75) is 13.1 Å². The fourth-order valence-electron chi connectivity index (χ4n) is 1.04. The summed E-state index contributed by atoms with van der Waals surface area (Å²) in [6, 6.07) is 0.742. The average molecular weight is 298 g/mol. The molecular formula is C9H7BrF3NO2. The highest BCUT2D eigenvalue weighted by Gasteiger charge is 2.36. The zero-order chi connectivity index (χ0) is 12.3. The smallest absolute Gasteiger partial charge is 0.417 e. The molecule has 7 heteroatoms. The number of ether oxygens (including phenoxy) is 1. The second-order valence-electron chi connectivity index (χ2n) is 2.77. The minimum Gasteiger partial charge on any atom is -0.462 e. The summed E-state index contributed by atoms with van der Waals surface area (Å²) in [7, 11) is 0. The number of rotatable bonds is 2. The van der Waals surface area contributed by atoms with Gasteiger partial charge in [-0.15, -0.1) is 0 Å². The number of halogens is 4. The van der Waals surface area contributed by atoms with Gasteiger partial charge in [0.1, 0.15) is 4.60 Å². The third-order valence-electron chi connectivity index (χ3n) is 1.67. The fourth-order valence-corrected chi connectivity index (χ4v) is 1.37. The number of hydrogen-bond acceptors (Lipinski definition) is 3. The molecule has 0 aliphatic heterocycles. The number of esters is 1. The van der Waals surface area contributed by atoms with Crippen LogP contribution in [0.15, 0.2) is 16.9 Å². The van der Waals surface area contributed by atoms with Crippen molar-refractivity contribution in [3.8, 4) is 0 Å². The molecule has 0 fully saturated rings. The first kappa shape index (κ1) is 13.0. The fraction of sp³-hybridized carbons (Fsp3) is 0.333. The van der Waals surface area contributed by atoms with E-state index in [1.165, 1.54) is 6.92 Å². The van der Waals surface area contributed by atoms with E-state index in [0.29, 0.717) is 0 Å². The largest absolute Gasteiger partial charge is 0.462 e. The van der Waals surface area contributed by atoms with E-state index in [2.05, 4.69) is 25.7 Å². The monoisotopic (exact) mass is 297 g/mol. The lowest BCUT2D eigenvalue weighted by Crippen LogP contribution is -2.15. The Morgan fingerprint density at radius 2 is 2.19 bits per heavy atom. The number of carbonyl (C=O) groups is 1. The molecule has 1 rings (SSSR count). The number of aromatic nitrogens is 1. The normalized spacial score (nSPS) is 11.3. The van der Waals surface area contributed by atoms with Gasteiger partial charge in [0.15, 0.2) is 0 Å². The van der Waals surface area contributed by atoms with Crippen LogP contribution < -0.4 is 0 Å². The first-order valence-corrected chi connectivity index (χ1v) is 5.05. The van der Waals surface area contributed by atoms with E-state index in [1.54, 1.807) is 0 Å². The van der Waals surface area contributed by atoms with Crippen LogP contribution in [0.25, 0.3) is 0 Å². The molecule has 1 aromatic heterocycles. The zero-order valence-corrected chi connectivity index (χ0v) is 9.72. The second kappa shape index (κ2) is 4.82. The van der Waals surface area contributed by atoms with E-state index in [9.17, 15) is 18.0 Å². The maximum atomic E-state index is 12.6. The summed E-state index contributed by atoms with van der Waals surface area (Å²) in [4.78, 5) is 14.8. The number of alkyl halides is 3. The van der Waals surface area contributed by atoms with Gasteiger partial charge in [-0.1, -0.05) is 0 Å². The van der Waals surface area contributed by atoms with Gasteiger partial charge in [0.05, 0.1) is 17.7 Å². The van der Waals surface area contributed by atoms with Crippen LogP contribution in [0, 0.1) is 0 Å². The maximum Gasteiger partial charge on any atom is 0.417 e. The SMILES string of the molecule is CCOC(=O)c1cnc(Br)cc1C(F)(F)F. The van der Waals surface area contributed by atoms with E-state index in [1.807, 2.05) is 0 Å². The molecule has 0 saturated carbocycles. The summed E-state index contributed by atoms with van der Waals surface area (Å²) < 4.78 is 42.2. The Balaban J connectivity index is 3.23. The van der Waals surface area contributed by atoms with Crippen LogP contribution in [0.4, 0.5) is 13.2 Å². The molecule has 0 aromatic carbocycles. The standard InChI is InChI=1S/C9H7BrF3NO2/c1-2-16-8(15)5-4-14-7(10)3-6(5)9(11,12)13/h3-4H,2H2,1H3. The van der Waals surface area contributed by atoms with E-state index < -0.39 is 23.3 Å². The summed E-state index contributed by atoms with van der Waals surface area (Å²) >= 11 is 2.81. The topological polar surface area (TPSA) is 39.2 Å². The van der Waals surface area contributed by atoms with Crippen LogP contribution >= 0.6 is 15.9 Å². The van der Waals surface area contributed by atoms with Gasteiger partial charge in [-0.05, 0) is 28.9 Å². The molecule has 0 N–H and O–H groups in total. The van der Waals surface area contributed by atoms with E-state index in [0.717, 1.165) is 12.3 Å². The van der Waals surface area contributed by atoms with Crippen LogP contribution in [0.1, 0.15) is 22.8 Å². The number of hydrogen-bond donors (Lipinski definition) is 0. The van der Waals surface area contributed by atoms with Gasteiger partial charge < -0.3 is 4.74 Å². The lowest BCUT2D eigenvalue weighted by molar-refractivity contribution is -0.138. The Morgan fingerprint density at radius 1 is 1.56 bits per heavy atom. The maximum absolute atomic E-state index is 12.6. The van der Waals surface area contributed by atoms with E-state index in [-0.39, 0.29) is 11.2 Å². The predicted octanol–water partition coefficient (Wildman–Crippen LogP) is 3.04. The Bertz CT molecular complexity index is 406. The van der Waals surface area contributed by atoms with E-state index in [4.69, 9.17) is 0 Å². The number of pyridine rings is 1. The lowest BCUT2D eigenvalue weighted by atomic mass is 10.1. The Labute approximate surface area is 97.8 Å². The molecule has 1 aromatic rings. The van der Waals surface area contributed by atoms with Gasteiger partial charge in [-0.25, -0.2) is 9.78 Å². The minimum atomic E-state index is -4.62. The van der Waals surface area contributed by atoms with Crippen molar-refractivity contribution < 1.29 is 22.7 Å². The summed E-state index contributed by atoms with van der Waals surface area (Å²) in [5.74, 6) is -1.03. The molecule has 1 heterocycles. The van der Waals surface area contributed by atoms with Gasteiger partial charge in [-0.3, -0.25) is 0 Å². The number of nitrogens with zero attached hydrogens (tertiary/aromatic N) is 1. The minimum absolute atomic E-state index is 0.00615. The Morgan fingerprint density at radius 3 is 2.69 bits per heavy atom. The molecule has 0 saturated heterocycles. The predicted molar refractivity (Wildman–Crippen MR) is 52.9 cm³/mol. The van der Waals surface area contributed by atoms with Crippen LogP contribution in [0.2, 0.25) is 0 Å². The van der Waals surface area contributed by atoms with Crippen LogP contribution in [-0.2, 0) is 10.9 Å². The lowest BCUT2D eigenvalue weighted by Gasteiger charge is -2.11. The first-order valence-electron chi connectivity index (χ1n) is 4.26. The zero-order valence-electron chi connectivity index (χ0n) is 8.14. The highest BCUT2D eigenvalue weighted by atomic mass is 79.9. The molecule has 3 nitrogen and oxygen atoms in total. The second-order valence-corrected chi connectivity index (χ2v) is 3.58. The molecule has 88 valence electrons. The Kier molecular flexibility index (Phi) is 3.90. The third kappa shape index (κ3) is 2.94. The molecular weight excluding hydrogens is 291 g/mol. The van der Waals surface area contributed by atoms with Gasteiger partial charge >= 0.3 is 12.1 Å². The molecule has 0 amide bonds. The van der Waals surface area contributed by atoms with Gasteiger partial charge in [0, 0.05) is 6.20 Å². The van der Waals surface area contributed by atoms with Gasteiger partial charge in [0.2, 0.25) is 0 Å². The van der Waals surface area contributed by atoms with Crippen molar-refractivity contribution in [2.24, 2.45) is 0 Å². The van der Waals surface area contributed by atoms with Crippen LogP contribution in [0.3, 0.4) is 0 Å². The summed E-state index contributed by atoms with van der Waals surface area (Å²) in [5, 5.41) is 0. The molecule has 0 unspecified atom stereocenters. The summed E-state index contributed by atoms with van der Waals surface area (Å²) in [5.41, 5.74) is -1.65. The van der Waals surface area contributed by atoms with Crippen LogP contribution in [-0.4, -0.2) is 17.6 Å². The van der Waals surface area contributed by atoms with Crippen molar-refractivity contribution in [3.05, 3.63) is 28.0 Å². The average Bonchev–Trinajstić information content (AvgIpc) is 2.16. The quantitative estimate of drug-likeness (QED) is 0.622. The van der Waals surface area contributed by atoms with Crippen LogP contribution in [0.5, 0.6) is 0 Å². The van der Waals surface area contributed by atoms with Crippen molar-refractivity contribution in [1.82, 2.24) is 4.98 Å².